The molecular formula is C20H30N4O5S. The molecule has 1 aliphatic rings. The molecule has 3 atom stereocenters. The van der Waals surface area contributed by atoms with Gasteiger partial charge in [0.15, 0.2) is 0 Å². The zero-order valence-electron chi connectivity index (χ0n) is 17.6. The number of methoxy groups -OCH3 is 1. The van der Waals surface area contributed by atoms with Gasteiger partial charge in [-0.15, -0.1) is 5.10 Å². The molecule has 30 heavy (non-hydrogen) atoms. The van der Waals surface area contributed by atoms with Crippen molar-refractivity contribution in [1.82, 2.24) is 19.7 Å². The van der Waals surface area contributed by atoms with Crippen molar-refractivity contribution in [3.63, 3.8) is 0 Å². The molecule has 166 valence electrons. The van der Waals surface area contributed by atoms with Gasteiger partial charge < -0.3 is 14.6 Å². The van der Waals surface area contributed by atoms with Gasteiger partial charge in [-0.25, -0.2) is 13.1 Å². The smallest absolute Gasteiger partial charge is 0.240 e. The molecule has 2 heterocycles. The summed E-state index contributed by atoms with van der Waals surface area (Å²) in [6.45, 7) is 4.53. The standard InChI is InChI=1S/C20H30N4O5S/c1-14(2)19-12-24(23-21-19)11-10-16-6-9-18(20(13-25)29-16)22-30(26,27)17-7-4-15(28-3)5-8-17/h4-5,7-8,12,14,16,18,20,22,25H,6,9-11,13H2,1-3H3/t16-,18-,20-/m0/s1. The van der Waals surface area contributed by atoms with Crippen LogP contribution < -0.4 is 9.46 Å². The molecule has 2 aromatic rings. The van der Waals surface area contributed by atoms with Gasteiger partial charge in [-0.1, -0.05) is 19.1 Å². The molecule has 0 radical (unpaired) electrons. The zero-order valence-corrected chi connectivity index (χ0v) is 18.4. The first-order valence-electron chi connectivity index (χ1n) is 10.1. The van der Waals surface area contributed by atoms with Crippen molar-refractivity contribution >= 4 is 10.0 Å². The summed E-state index contributed by atoms with van der Waals surface area (Å²) in [7, 11) is -2.20. The lowest BCUT2D eigenvalue weighted by Gasteiger charge is -2.36. The van der Waals surface area contributed by atoms with E-state index < -0.39 is 22.2 Å². The van der Waals surface area contributed by atoms with E-state index in [0.717, 1.165) is 12.1 Å². The van der Waals surface area contributed by atoms with Crippen LogP contribution in [0.25, 0.3) is 0 Å². The molecule has 0 aliphatic carbocycles. The molecule has 0 spiro atoms. The van der Waals surface area contributed by atoms with Crippen LogP contribution >= 0.6 is 0 Å². The summed E-state index contributed by atoms with van der Waals surface area (Å²) >= 11 is 0. The van der Waals surface area contributed by atoms with Crippen LogP contribution in [-0.4, -0.2) is 60.5 Å². The zero-order chi connectivity index (χ0) is 21.7. The number of aliphatic hydroxyl groups excluding tert-OH is 1. The number of aromatic nitrogens is 3. The molecule has 1 fully saturated rings. The van der Waals surface area contributed by atoms with E-state index in [9.17, 15) is 13.5 Å². The minimum absolute atomic E-state index is 0.0735. The Labute approximate surface area is 177 Å². The van der Waals surface area contributed by atoms with Gasteiger partial charge in [0.2, 0.25) is 10.0 Å². The second kappa shape index (κ2) is 9.86. The fourth-order valence-electron chi connectivity index (χ4n) is 3.46. The second-order valence-electron chi connectivity index (χ2n) is 7.81. The molecule has 2 N–H and O–H groups in total. The predicted octanol–water partition coefficient (Wildman–Crippen LogP) is 1.69. The van der Waals surface area contributed by atoms with Gasteiger partial charge in [0, 0.05) is 12.7 Å². The van der Waals surface area contributed by atoms with E-state index in [1.807, 2.05) is 6.20 Å². The summed E-state index contributed by atoms with van der Waals surface area (Å²) in [5, 5.41) is 18.0. The third-order valence-corrected chi connectivity index (χ3v) is 6.81. The minimum atomic E-state index is -3.73. The number of rotatable bonds is 9. The van der Waals surface area contributed by atoms with E-state index >= 15 is 0 Å². The summed E-state index contributed by atoms with van der Waals surface area (Å²) in [6.07, 6.45) is 3.25. The summed E-state index contributed by atoms with van der Waals surface area (Å²) < 4.78 is 40.9. The van der Waals surface area contributed by atoms with Crippen molar-refractivity contribution in [3.05, 3.63) is 36.2 Å². The highest BCUT2D eigenvalue weighted by Gasteiger charge is 2.34. The summed E-state index contributed by atoms with van der Waals surface area (Å²) in [6, 6.07) is 5.69. The maximum Gasteiger partial charge on any atom is 0.240 e. The topological polar surface area (TPSA) is 116 Å². The first-order valence-corrected chi connectivity index (χ1v) is 11.6. The number of ether oxygens (including phenoxy) is 2. The molecule has 1 aliphatic heterocycles. The van der Waals surface area contributed by atoms with Crippen LogP contribution in [0.4, 0.5) is 0 Å². The molecule has 9 nitrogen and oxygen atoms in total. The van der Waals surface area contributed by atoms with Gasteiger partial charge >= 0.3 is 0 Å². The van der Waals surface area contributed by atoms with Crippen molar-refractivity contribution < 1.29 is 23.0 Å². The number of nitrogens with one attached hydrogen (secondary N) is 1. The Bertz CT molecular complexity index is 914. The maximum absolute atomic E-state index is 12.7. The van der Waals surface area contributed by atoms with Crippen molar-refractivity contribution in [3.8, 4) is 5.75 Å². The summed E-state index contributed by atoms with van der Waals surface area (Å²) in [5.41, 5.74) is 0.945. The average Bonchev–Trinajstić information content (AvgIpc) is 3.22. The van der Waals surface area contributed by atoms with E-state index in [-0.39, 0.29) is 17.6 Å². The Morgan fingerprint density at radius 1 is 1.30 bits per heavy atom. The maximum atomic E-state index is 12.7. The SMILES string of the molecule is COc1ccc(S(=O)(=O)N[C@H]2CC[C@@H](CCn3cc(C(C)C)nn3)O[C@H]2CO)cc1. The van der Waals surface area contributed by atoms with Crippen LogP contribution in [0.1, 0.15) is 44.7 Å². The van der Waals surface area contributed by atoms with Crippen molar-refractivity contribution in [2.24, 2.45) is 0 Å². The van der Waals surface area contributed by atoms with Crippen LogP contribution in [0.2, 0.25) is 0 Å². The fourth-order valence-corrected chi connectivity index (χ4v) is 4.76. The lowest BCUT2D eigenvalue weighted by molar-refractivity contribution is -0.0891. The highest BCUT2D eigenvalue weighted by atomic mass is 32.2. The van der Waals surface area contributed by atoms with E-state index in [1.54, 1.807) is 16.8 Å². The van der Waals surface area contributed by atoms with Gasteiger partial charge in [0.1, 0.15) is 5.75 Å². The Hall–Kier alpha value is -2.01. The van der Waals surface area contributed by atoms with Crippen LogP contribution in [0, 0.1) is 0 Å². The molecular weight excluding hydrogens is 408 g/mol. The molecule has 1 saturated heterocycles. The first-order chi connectivity index (χ1) is 14.3. The van der Waals surface area contributed by atoms with Crippen LogP contribution in [-0.2, 0) is 21.3 Å². The third-order valence-electron chi connectivity index (χ3n) is 5.30. The summed E-state index contributed by atoms with van der Waals surface area (Å²) in [5.74, 6) is 0.904. The Kier molecular flexibility index (Phi) is 7.45. The molecule has 0 amide bonds. The Morgan fingerprint density at radius 2 is 2.03 bits per heavy atom. The number of benzene rings is 1. The molecule has 0 bridgehead atoms. The van der Waals surface area contributed by atoms with Crippen LogP contribution in [0.3, 0.4) is 0 Å². The van der Waals surface area contributed by atoms with Crippen molar-refractivity contribution in [2.45, 2.75) is 68.7 Å². The highest BCUT2D eigenvalue weighted by molar-refractivity contribution is 7.89. The number of nitrogens with zero attached hydrogens (tertiary/aromatic N) is 3. The minimum Gasteiger partial charge on any atom is -0.497 e. The average molecular weight is 439 g/mol. The first kappa shape index (κ1) is 22.7. The normalized spacial score (nSPS) is 22.4. The molecule has 1 aromatic carbocycles. The molecule has 3 rings (SSSR count). The van der Waals surface area contributed by atoms with Crippen LogP contribution in [0.15, 0.2) is 35.4 Å². The molecule has 10 heteroatoms. The lowest BCUT2D eigenvalue weighted by atomic mass is 9.98. The number of aliphatic hydroxyl groups is 1. The largest absolute Gasteiger partial charge is 0.497 e. The monoisotopic (exact) mass is 438 g/mol. The van der Waals surface area contributed by atoms with Crippen LogP contribution in [0.5, 0.6) is 5.75 Å². The quantitative estimate of drug-likeness (QED) is 0.612. The number of aryl methyl sites for hydroxylation is 1. The van der Waals surface area contributed by atoms with E-state index in [4.69, 9.17) is 9.47 Å². The van der Waals surface area contributed by atoms with Gasteiger partial charge in [-0.3, -0.25) is 4.68 Å². The molecule has 0 saturated carbocycles. The van der Waals surface area contributed by atoms with Gasteiger partial charge in [0.25, 0.3) is 0 Å². The number of hydrogen-bond acceptors (Lipinski definition) is 7. The van der Waals surface area contributed by atoms with Crippen molar-refractivity contribution in [1.29, 1.82) is 0 Å². The Morgan fingerprint density at radius 3 is 2.63 bits per heavy atom. The predicted molar refractivity (Wildman–Crippen MR) is 111 cm³/mol. The second-order valence-corrected chi connectivity index (χ2v) is 9.52. The number of hydrogen-bond donors (Lipinski definition) is 2. The van der Waals surface area contributed by atoms with E-state index in [1.165, 1.54) is 19.2 Å². The molecule has 0 unspecified atom stereocenters. The van der Waals surface area contributed by atoms with Gasteiger partial charge in [-0.2, -0.15) is 0 Å². The van der Waals surface area contributed by atoms with Gasteiger partial charge in [0.05, 0.1) is 42.6 Å². The lowest BCUT2D eigenvalue weighted by Crippen LogP contribution is -2.50. The van der Waals surface area contributed by atoms with Gasteiger partial charge in [-0.05, 0) is 49.4 Å². The number of sulfonamides is 1. The molecule has 1 aromatic heterocycles. The van der Waals surface area contributed by atoms with E-state index in [0.29, 0.717) is 31.1 Å². The fraction of sp³-hybridized carbons (Fsp3) is 0.600. The highest BCUT2D eigenvalue weighted by Crippen LogP contribution is 2.24. The summed E-state index contributed by atoms with van der Waals surface area (Å²) in [4.78, 5) is 0.147. The Balaban J connectivity index is 1.56. The van der Waals surface area contributed by atoms with Crippen molar-refractivity contribution in [2.75, 3.05) is 13.7 Å². The van der Waals surface area contributed by atoms with E-state index in [2.05, 4.69) is 28.9 Å². The third kappa shape index (κ3) is 5.57.